The van der Waals surface area contributed by atoms with E-state index < -0.39 is 5.54 Å². The van der Waals surface area contributed by atoms with Crippen LogP contribution in [-0.2, 0) is 27.9 Å². The maximum Gasteiger partial charge on any atom is 0.309 e. The summed E-state index contributed by atoms with van der Waals surface area (Å²) in [5.41, 5.74) is 1.04. The van der Waals surface area contributed by atoms with Crippen molar-refractivity contribution in [1.82, 2.24) is 14.5 Å². The van der Waals surface area contributed by atoms with E-state index in [1.54, 1.807) is 22.0 Å². The van der Waals surface area contributed by atoms with E-state index in [1.807, 2.05) is 6.92 Å². The number of nitrogens with one attached hydrogen (secondary N) is 1. The summed E-state index contributed by atoms with van der Waals surface area (Å²) in [4.78, 5) is 49.8. The second kappa shape index (κ2) is 8.95. The van der Waals surface area contributed by atoms with Crippen molar-refractivity contribution in [3.05, 3.63) is 43.9 Å². The highest BCUT2D eigenvalue weighted by Gasteiger charge is 2.46. The first-order chi connectivity index (χ1) is 17.4. The molecule has 0 bridgehead atoms. The number of rotatable bonds is 4. The normalized spacial score (nSPS) is 20.4. The summed E-state index contributed by atoms with van der Waals surface area (Å²) in [5.74, 6) is 0.178. The number of nitrogens with zero attached hydrogens (tertiary/aromatic N) is 3. The second-order valence-corrected chi connectivity index (χ2v) is 11.5. The van der Waals surface area contributed by atoms with Gasteiger partial charge in [0.2, 0.25) is 0 Å². The van der Waals surface area contributed by atoms with Gasteiger partial charge in [-0.25, -0.2) is 9.97 Å². The van der Waals surface area contributed by atoms with Crippen molar-refractivity contribution < 1.29 is 14.3 Å². The number of aromatic nitrogens is 3. The molecule has 1 N–H and O–H groups in total. The molecule has 3 aliphatic rings. The van der Waals surface area contributed by atoms with Gasteiger partial charge in [-0.1, -0.05) is 30.9 Å². The zero-order chi connectivity index (χ0) is 25.0. The van der Waals surface area contributed by atoms with E-state index in [2.05, 4.69) is 15.3 Å². The van der Waals surface area contributed by atoms with Crippen molar-refractivity contribution in [1.29, 1.82) is 0 Å². The Labute approximate surface area is 217 Å². The van der Waals surface area contributed by atoms with Crippen LogP contribution in [0, 0.1) is 5.92 Å². The standard InChI is InChI=1S/C26H27ClN4O4S/c1-2-35-25(34)14-6-7-15-19(10-14)36-23-20(15)22(28-13-29-23)30-17-11-16(27)21-18(32)12-26(31(21)24(17)33)8-4-3-5-9-26/h11,13-14H,2-10,12H2,1H3,(H,28,29,30)/t14-/m0/s1. The summed E-state index contributed by atoms with van der Waals surface area (Å²) >= 11 is 8.16. The van der Waals surface area contributed by atoms with Gasteiger partial charge in [-0.2, -0.15) is 0 Å². The van der Waals surface area contributed by atoms with E-state index in [-0.39, 0.29) is 23.2 Å². The van der Waals surface area contributed by atoms with Crippen molar-refractivity contribution in [3.63, 3.8) is 0 Å². The minimum atomic E-state index is -0.478. The highest BCUT2D eigenvalue weighted by molar-refractivity contribution is 7.19. The van der Waals surface area contributed by atoms with Gasteiger partial charge >= 0.3 is 5.97 Å². The zero-order valence-electron chi connectivity index (χ0n) is 20.1. The predicted octanol–water partition coefficient (Wildman–Crippen LogP) is 5.16. The molecule has 2 aliphatic carbocycles. The van der Waals surface area contributed by atoms with Gasteiger partial charge in [0.1, 0.15) is 28.4 Å². The summed E-state index contributed by atoms with van der Waals surface area (Å²) in [5, 5.41) is 4.42. The van der Waals surface area contributed by atoms with Gasteiger partial charge in [-0.3, -0.25) is 19.0 Å². The van der Waals surface area contributed by atoms with Gasteiger partial charge in [0.05, 0.1) is 28.5 Å². The summed E-state index contributed by atoms with van der Waals surface area (Å²) in [6.07, 6.45) is 8.57. The molecule has 1 spiro atoms. The van der Waals surface area contributed by atoms with E-state index >= 15 is 0 Å². The molecule has 0 radical (unpaired) electrons. The fourth-order valence-corrected chi connectivity index (χ4v) is 7.82. The summed E-state index contributed by atoms with van der Waals surface area (Å²) < 4.78 is 6.91. The fourth-order valence-electron chi connectivity index (χ4n) is 6.25. The quantitative estimate of drug-likeness (QED) is 0.468. The molecule has 1 saturated carbocycles. The van der Waals surface area contributed by atoms with Crippen LogP contribution >= 0.6 is 22.9 Å². The lowest BCUT2D eigenvalue weighted by Crippen LogP contribution is -2.40. The molecular formula is C26H27ClN4O4S. The van der Waals surface area contributed by atoms with Crippen LogP contribution in [0.15, 0.2) is 17.2 Å². The first-order valence-corrected chi connectivity index (χ1v) is 13.8. The second-order valence-electron chi connectivity index (χ2n) is 10.0. The number of carbonyl (C=O) groups is 2. The van der Waals surface area contributed by atoms with Crippen LogP contribution in [0.1, 0.15) is 72.8 Å². The molecule has 188 valence electrons. The molecule has 0 saturated heterocycles. The number of aryl methyl sites for hydroxylation is 1. The number of anilines is 2. The molecule has 8 nitrogen and oxygen atoms in total. The number of hydrogen-bond donors (Lipinski definition) is 1. The number of pyridine rings is 1. The molecule has 1 atom stereocenters. The topological polar surface area (TPSA) is 103 Å². The third kappa shape index (κ3) is 3.66. The summed E-state index contributed by atoms with van der Waals surface area (Å²) in [7, 11) is 0. The van der Waals surface area contributed by atoms with Gasteiger partial charge in [0.15, 0.2) is 5.78 Å². The van der Waals surface area contributed by atoms with E-state index in [9.17, 15) is 14.4 Å². The van der Waals surface area contributed by atoms with Crippen LogP contribution in [0.5, 0.6) is 0 Å². The first kappa shape index (κ1) is 23.6. The highest BCUT2D eigenvalue weighted by atomic mass is 35.5. The van der Waals surface area contributed by atoms with Gasteiger partial charge in [-0.05, 0) is 50.7 Å². The van der Waals surface area contributed by atoms with Gasteiger partial charge in [-0.15, -0.1) is 11.3 Å². The Kier molecular flexibility index (Phi) is 5.87. The number of ether oxygens (including phenoxy) is 1. The number of halogens is 1. The van der Waals surface area contributed by atoms with Crippen molar-refractivity contribution in [2.24, 2.45) is 5.92 Å². The van der Waals surface area contributed by atoms with Crippen molar-refractivity contribution >= 4 is 56.4 Å². The molecule has 36 heavy (non-hydrogen) atoms. The van der Waals surface area contributed by atoms with Gasteiger partial charge in [0.25, 0.3) is 5.56 Å². The van der Waals surface area contributed by atoms with Gasteiger partial charge < -0.3 is 10.1 Å². The monoisotopic (exact) mass is 526 g/mol. The molecule has 0 aromatic carbocycles. The summed E-state index contributed by atoms with van der Waals surface area (Å²) in [6, 6.07) is 1.55. The minimum absolute atomic E-state index is 0.0574. The Bertz CT molecular complexity index is 1460. The van der Waals surface area contributed by atoms with E-state index in [0.29, 0.717) is 54.5 Å². The lowest BCUT2D eigenvalue weighted by molar-refractivity contribution is -0.148. The van der Waals surface area contributed by atoms with Crippen LogP contribution in [0.4, 0.5) is 11.5 Å². The lowest BCUT2D eigenvalue weighted by atomic mass is 9.80. The van der Waals surface area contributed by atoms with Crippen LogP contribution < -0.4 is 10.9 Å². The van der Waals surface area contributed by atoms with Crippen LogP contribution in [0.25, 0.3) is 10.2 Å². The Morgan fingerprint density at radius 1 is 1.28 bits per heavy atom. The maximum absolute atomic E-state index is 13.8. The first-order valence-electron chi connectivity index (χ1n) is 12.6. The molecule has 6 rings (SSSR count). The zero-order valence-corrected chi connectivity index (χ0v) is 21.6. The average molecular weight is 527 g/mol. The number of fused-ring (bicyclic) bond motifs is 5. The number of Topliss-reactive ketones (excluding diaryl/α,β-unsaturated/α-hetero) is 1. The smallest absolute Gasteiger partial charge is 0.309 e. The lowest BCUT2D eigenvalue weighted by Gasteiger charge is -2.35. The fraction of sp³-hybridized carbons (Fsp3) is 0.500. The molecule has 4 heterocycles. The third-order valence-corrected chi connectivity index (χ3v) is 9.34. The highest BCUT2D eigenvalue weighted by Crippen LogP contribution is 2.45. The van der Waals surface area contributed by atoms with E-state index in [4.69, 9.17) is 16.3 Å². The largest absolute Gasteiger partial charge is 0.466 e. The molecule has 1 aliphatic heterocycles. The molecular weight excluding hydrogens is 500 g/mol. The Morgan fingerprint density at radius 2 is 2.08 bits per heavy atom. The number of esters is 1. The van der Waals surface area contributed by atoms with Crippen molar-refractivity contribution in [3.8, 4) is 0 Å². The van der Waals surface area contributed by atoms with Crippen LogP contribution in [-0.4, -0.2) is 32.9 Å². The Balaban J connectivity index is 1.40. The van der Waals surface area contributed by atoms with Crippen molar-refractivity contribution in [2.45, 2.75) is 70.3 Å². The van der Waals surface area contributed by atoms with Crippen molar-refractivity contribution in [2.75, 3.05) is 11.9 Å². The number of ketones is 1. The third-order valence-electron chi connectivity index (χ3n) is 7.89. The summed E-state index contributed by atoms with van der Waals surface area (Å²) in [6.45, 7) is 2.19. The molecule has 0 unspecified atom stereocenters. The van der Waals surface area contributed by atoms with Crippen LogP contribution in [0.2, 0.25) is 5.02 Å². The average Bonchev–Trinajstić information content (AvgIpc) is 3.38. The number of thiophene rings is 1. The molecule has 3 aromatic rings. The van der Waals surface area contributed by atoms with E-state index in [1.165, 1.54) is 6.33 Å². The Hall–Kier alpha value is -2.78. The molecule has 0 amide bonds. The minimum Gasteiger partial charge on any atom is -0.466 e. The van der Waals surface area contributed by atoms with Crippen LogP contribution in [0.3, 0.4) is 0 Å². The molecule has 10 heteroatoms. The predicted molar refractivity (Wildman–Crippen MR) is 139 cm³/mol. The maximum atomic E-state index is 13.8. The number of carbonyl (C=O) groups excluding carboxylic acids is 2. The SMILES string of the molecule is CCOC(=O)[C@H]1CCc2c(sc3ncnc(Nc4cc(Cl)c5n(c4=O)C4(CCCCC4)CC5=O)c23)C1. The van der Waals surface area contributed by atoms with Gasteiger partial charge in [0, 0.05) is 11.3 Å². The molecule has 1 fully saturated rings. The Morgan fingerprint density at radius 3 is 2.86 bits per heavy atom. The number of hydrogen-bond acceptors (Lipinski definition) is 8. The van der Waals surface area contributed by atoms with E-state index in [0.717, 1.165) is 52.8 Å². The molecule has 3 aromatic heterocycles.